The number of carbonyl (C=O) groups excluding carboxylic acids is 1. The molecule has 1 aliphatic heterocycles. The van der Waals surface area contributed by atoms with Crippen LogP contribution < -0.4 is 4.72 Å². The van der Waals surface area contributed by atoms with Crippen LogP contribution in [0.1, 0.15) is 29.8 Å². The maximum Gasteiger partial charge on any atom is 0.286 e. The minimum Gasteiger partial charge on any atom is -0.451 e. The van der Waals surface area contributed by atoms with E-state index in [-0.39, 0.29) is 17.6 Å². The van der Waals surface area contributed by atoms with E-state index in [0.717, 1.165) is 25.5 Å². The Hall–Kier alpha value is -1.41. The van der Waals surface area contributed by atoms with Gasteiger partial charge in [-0.1, -0.05) is 0 Å². The Morgan fingerprint density at radius 2 is 2.33 bits per heavy atom. The van der Waals surface area contributed by atoms with E-state index in [9.17, 15) is 13.2 Å². The largest absolute Gasteiger partial charge is 0.451 e. The Morgan fingerprint density at radius 3 is 2.94 bits per heavy atom. The van der Waals surface area contributed by atoms with Gasteiger partial charge in [0.25, 0.3) is 5.91 Å². The monoisotopic (exact) mass is 274 g/mol. The van der Waals surface area contributed by atoms with Gasteiger partial charge < -0.3 is 9.15 Å². The quantitative estimate of drug-likeness (QED) is 0.848. The zero-order valence-electron chi connectivity index (χ0n) is 9.66. The molecule has 1 saturated heterocycles. The van der Waals surface area contributed by atoms with Gasteiger partial charge in [-0.05, 0) is 19.3 Å². The van der Waals surface area contributed by atoms with Gasteiger partial charge in [0.1, 0.15) is 6.26 Å². The number of aromatic nitrogens is 1. The van der Waals surface area contributed by atoms with Crippen LogP contribution in [0.5, 0.6) is 0 Å². The maximum atomic E-state index is 11.7. The highest BCUT2D eigenvalue weighted by molar-refractivity contribution is 7.90. The summed E-state index contributed by atoms with van der Waals surface area (Å²) in [5, 5.41) is 0. The van der Waals surface area contributed by atoms with Gasteiger partial charge in [-0.25, -0.2) is 18.1 Å². The minimum absolute atomic E-state index is 0.0665. The zero-order chi connectivity index (χ0) is 13.0. The van der Waals surface area contributed by atoms with Crippen molar-refractivity contribution in [2.45, 2.75) is 25.4 Å². The second-order valence-electron chi connectivity index (χ2n) is 4.07. The average Bonchev–Trinajstić information content (AvgIpc) is 2.82. The number of hydrogen-bond acceptors (Lipinski definition) is 6. The molecule has 2 heterocycles. The van der Waals surface area contributed by atoms with E-state index in [2.05, 4.69) is 9.40 Å². The van der Waals surface area contributed by atoms with Crippen molar-refractivity contribution >= 4 is 15.9 Å². The Balaban J connectivity index is 1.92. The standard InChI is InChI=1S/C10H14N2O5S/c13-10(9-5-16-7-11-9)12-18(14,15)6-8-3-1-2-4-17-8/h5,7-8H,1-4,6H2,(H,12,13)/t8-/m0/s1. The molecule has 0 unspecified atom stereocenters. The summed E-state index contributed by atoms with van der Waals surface area (Å²) in [6, 6.07) is 0. The van der Waals surface area contributed by atoms with Crippen molar-refractivity contribution in [3.8, 4) is 0 Å². The van der Waals surface area contributed by atoms with E-state index < -0.39 is 15.9 Å². The third-order valence-corrected chi connectivity index (χ3v) is 3.90. The Labute approximate surface area is 105 Å². The lowest BCUT2D eigenvalue weighted by atomic mass is 10.1. The van der Waals surface area contributed by atoms with Gasteiger partial charge in [-0.3, -0.25) is 4.79 Å². The van der Waals surface area contributed by atoms with Gasteiger partial charge in [-0.2, -0.15) is 0 Å². The van der Waals surface area contributed by atoms with Gasteiger partial charge >= 0.3 is 0 Å². The van der Waals surface area contributed by atoms with Gasteiger partial charge in [0.05, 0.1) is 11.9 Å². The summed E-state index contributed by atoms with van der Waals surface area (Å²) < 4.78 is 35.3. The molecule has 1 aliphatic rings. The first kappa shape index (κ1) is 13.0. The maximum absolute atomic E-state index is 11.7. The molecule has 0 radical (unpaired) electrons. The highest BCUT2D eigenvalue weighted by Gasteiger charge is 2.24. The molecule has 1 N–H and O–H groups in total. The molecule has 0 aromatic carbocycles. The predicted molar refractivity (Wildman–Crippen MR) is 61.3 cm³/mol. The van der Waals surface area contributed by atoms with Crippen molar-refractivity contribution in [1.82, 2.24) is 9.71 Å². The lowest BCUT2D eigenvalue weighted by Crippen LogP contribution is -2.38. The molecular weight excluding hydrogens is 260 g/mol. The number of carbonyl (C=O) groups is 1. The second kappa shape index (κ2) is 5.49. The van der Waals surface area contributed by atoms with E-state index in [4.69, 9.17) is 4.74 Å². The molecule has 0 saturated carbocycles. The lowest BCUT2D eigenvalue weighted by Gasteiger charge is -2.22. The van der Waals surface area contributed by atoms with Crippen molar-refractivity contribution in [3.05, 3.63) is 18.4 Å². The predicted octanol–water partition coefficient (Wildman–Crippen LogP) is 0.303. The lowest BCUT2D eigenvalue weighted by molar-refractivity contribution is 0.0304. The Bertz CT molecular complexity index is 490. The van der Waals surface area contributed by atoms with E-state index >= 15 is 0 Å². The third-order valence-electron chi connectivity index (χ3n) is 2.59. The van der Waals surface area contributed by atoms with Gasteiger partial charge in [0.2, 0.25) is 10.0 Å². The van der Waals surface area contributed by atoms with Crippen LogP contribution in [0.2, 0.25) is 0 Å². The molecular formula is C10H14N2O5S. The van der Waals surface area contributed by atoms with E-state index in [0.29, 0.717) is 13.0 Å². The number of amides is 1. The van der Waals surface area contributed by atoms with Gasteiger partial charge in [-0.15, -0.1) is 0 Å². The van der Waals surface area contributed by atoms with Crippen LogP contribution >= 0.6 is 0 Å². The summed E-state index contributed by atoms with van der Waals surface area (Å²) >= 11 is 0. The minimum atomic E-state index is -3.71. The molecule has 0 spiro atoms. The fourth-order valence-electron chi connectivity index (χ4n) is 1.74. The molecule has 8 heteroatoms. The fraction of sp³-hybridized carbons (Fsp3) is 0.600. The molecule has 2 rings (SSSR count). The van der Waals surface area contributed by atoms with Crippen molar-refractivity contribution < 1.29 is 22.4 Å². The summed E-state index contributed by atoms with van der Waals surface area (Å²) in [7, 11) is -3.71. The second-order valence-corrected chi connectivity index (χ2v) is 5.84. The Kier molecular flexibility index (Phi) is 3.97. The summed E-state index contributed by atoms with van der Waals surface area (Å²) in [6.45, 7) is 0.567. The molecule has 18 heavy (non-hydrogen) atoms. The van der Waals surface area contributed by atoms with Gasteiger partial charge in [0.15, 0.2) is 12.1 Å². The van der Waals surface area contributed by atoms with Crippen LogP contribution in [0.3, 0.4) is 0 Å². The SMILES string of the molecule is O=C(NS(=O)(=O)C[C@@H]1CCCCO1)c1cocn1. The number of sulfonamides is 1. The molecule has 1 fully saturated rings. The first-order valence-corrected chi connectivity index (χ1v) is 7.27. The summed E-state index contributed by atoms with van der Waals surface area (Å²) in [5.74, 6) is -1.00. The number of ether oxygens (including phenoxy) is 1. The smallest absolute Gasteiger partial charge is 0.286 e. The van der Waals surface area contributed by atoms with Crippen molar-refractivity contribution in [3.63, 3.8) is 0 Å². The van der Waals surface area contributed by atoms with Crippen LogP contribution in [-0.4, -0.2) is 37.8 Å². The molecule has 100 valence electrons. The fourth-order valence-corrected chi connectivity index (χ4v) is 2.97. The number of nitrogens with zero attached hydrogens (tertiary/aromatic N) is 1. The number of rotatable bonds is 4. The van der Waals surface area contributed by atoms with Crippen molar-refractivity contribution in [2.24, 2.45) is 0 Å². The molecule has 1 aromatic heterocycles. The highest BCUT2D eigenvalue weighted by atomic mass is 32.2. The number of nitrogens with one attached hydrogen (secondary N) is 1. The molecule has 0 bridgehead atoms. The van der Waals surface area contributed by atoms with Crippen molar-refractivity contribution in [1.29, 1.82) is 0 Å². The average molecular weight is 274 g/mol. The zero-order valence-corrected chi connectivity index (χ0v) is 10.5. The molecule has 7 nitrogen and oxygen atoms in total. The van der Waals surface area contributed by atoms with Crippen LogP contribution in [0.4, 0.5) is 0 Å². The molecule has 0 aliphatic carbocycles. The van der Waals surface area contributed by atoms with E-state index in [1.807, 2.05) is 4.72 Å². The van der Waals surface area contributed by atoms with Crippen LogP contribution in [0.15, 0.2) is 17.1 Å². The Morgan fingerprint density at radius 1 is 1.50 bits per heavy atom. The third kappa shape index (κ3) is 3.54. The van der Waals surface area contributed by atoms with Crippen molar-refractivity contribution in [2.75, 3.05) is 12.4 Å². The van der Waals surface area contributed by atoms with E-state index in [1.165, 1.54) is 0 Å². The molecule has 1 amide bonds. The van der Waals surface area contributed by atoms with Crippen LogP contribution in [0, 0.1) is 0 Å². The summed E-state index contributed by atoms with van der Waals surface area (Å²) in [4.78, 5) is 15.1. The van der Waals surface area contributed by atoms with E-state index in [1.54, 1.807) is 0 Å². The van der Waals surface area contributed by atoms with Crippen LogP contribution in [0.25, 0.3) is 0 Å². The highest BCUT2D eigenvalue weighted by Crippen LogP contribution is 2.14. The number of oxazole rings is 1. The first-order chi connectivity index (χ1) is 8.57. The van der Waals surface area contributed by atoms with Crippen LogP contribution in [-0.2, 0) is 14.8 Å². The normalized spacial score (nSPS) is 20.6. The molecule has 1 atom stereocenters. The van der Waals surface area contributed by atoms with Gasteiger partial charge in [0, 0.05) is 6.61 Å². The first-order valence-electron chi connectivity index (χ1n) is 5.61. The summed E-state index contributed by atoms with van der Waals surface area (Å²) in [5.41, 5.74) is -0.0665. The number of hydrogen-bond donors (Lipinski definition) is 1. The topological polar surface area (TPSA) is 98.5 Å². The summed E-state index contributed by atoms with van der Waals surface area (Å²) in [6.07, 6.45) is 4.38. The molecule has 1 aromatic rings.